The number of amides is 1. The number of aliphatic hydroxyl groups excluding tert-OH is 1. The summed E-state index contributed by atoms with van der Waals surface area (Å²) in [6.07, 6.45) is 1.41. The lowest BCUT2D eigenvalue weighted by Gasteiger charge is -2.34. The third kappa shape index (κ3) is 4.25. The molecule has 4 rings (SSSR count). The van der Waals surface area contributed by atoms with Crippen molar-refractivity contribution in [3.8, 4) is 0 Å². The summed E-state index contributed by atoms with van der Waals surface area (Å²) in [6.45, 7) is 1.23. The minimum Gasteiger partial charge on any atom is -0.387 e. The van der Waals surface area contributed by atoms with Crippen LogP contribution in [-0.2, 0) is 16.1 Å². The lowest BCUT2D eigenvalue weighted by molar-refractivity contribution is -0.144. The summed E-state index contributed by atoms with van der Waals surface area (Å²) in [7, 11) is 0. The van der Waals surface area contributed by atoms with Crippen LogP contribution in [-0.4, -0.2) is 40.8 Å². The van der Waals surface area contributed by atoms with Gasteiger partial charge in [-0.3, -0.25) is 4.79 Å². The quantitative estimate of drug-likeness (QED) is 0.832. The molecule has 2 atom stereocenters. The van der Waals surface area contributed by atoms with E-state index in [9.17, 15) is 14.3 Å². The van der Waals surface area contributed by atoms with Crippen molar-refractivity contribution < 1.29 is 19.1 Å². The average molecular weight is 402 g/mol. The molecule has 2 aromatic rings. The summed E-state index contributed by atoms with van der Waals surface area (Å²) >= 11 is 1.56. The lowest BCUT2D eigenvalue weighted by atomic mass is 9.90. The van der Waals surface area contributed by atoms with Crippen molar-refractivity contribution in [2.24, 2.45) is 11.1 Å². The number of hydrogen-bond donors (Lipinski definition) is 1. The summed E-state index contributed by atoms with van der Waals surface area (Å²) in [6, 6.07) is 10.3. The topological polar surface area (TPSA) is 62.1 Å². The summed E-state index contributed by atoms with van der Waals surface area (Å²) in [5, 5.41) is 16.5. The van der Waals surface area contributed by atoms with E-state index in [1.165, 1.54) is 12.1 Å². The Labute approximate surface area is 167 Å². The number of likely N-dealkylation sites (tertiary alicyclic amines) is 1. The van der Waals surface area contributed by atoms with Crippen molar-refractivity contribution >= 4 is 23.0 Å². The maximum absolute atomic E-state index is 13.3. The molecule has 148 valence electrons. The summed E-state index contributed by atoms with van der Waals surface area (Å²) in [5.74, 6) is -0.161. The third-order valence-corrected chi connectivity index (χ3v) is 6.38. The van der Waals surface area contributed by atoms with Crippen LogP contribution in [0.25, 0.3) is 0 Å². The van der Waals surface area contributed by atoms with Crippen LogP contribution in [0.5, 0.6) is 0 Å². The zero-order valence-electron chi connectivity index (χ0n) is 15.5. The fourth-order valence-corrected chi connectivity index (χ4v) is 4.68. The van der Waals surface area contributed by atoms with Crippen LogP contribution < -0.4 is 0 Å². The maximum Gasteiger partial charge on any atom is 0.266 e. The van der Waals surface area contributed by atoms with E-state index in [4.69, 9.17) is 4.84 Å². The SMILES string of the molecule is O=C([C@@H]1CC(Cc2cccc(F)c2)=NO1)N1CCC([C@H](O)c2cccs2)CC1. The number of rotatable bonds is 5. The number of aliphatic hydroxyl groups is 1. The third-order valence-electron chi connectivity index (χ3n) is 5.44. The van der Waals surface area contributed by atoms with Crippen LogP contribution in [0, 0.1) is 11.7 Å². The Morgan fingerprint density at radius 3 is 2.86 bits per heavy atom. The molecule has 0 radical (unpaired) electrons. The molecule has 1 fully saturated rings. The molecule has 0 bridgehead atoms. The highest BCUT2D eigenvalue weighted by atomic mass is 32.1. The molecule has 0 unspecified atom stereocenters. The Morgan fingerprint density at radius 1 is 1.32 bits per heavy atom. The minimum absolute atomic E-state index is 0.0537. The highest BCUT2D eigenvalue weighted by Crippen LogP contribution is 2.33. The number of benzene rings is 1. The van der Waals surface area contributed by atoms with Crippen LogP contribution in [0.1, 0.15) is 35.8 Å². The van der Waals surface area contributed by atoms with E-state index in [1.807, 2.05) is 28.5 Å². The molecular formula is C21H23FN2O3S. The first-order valence-corrected chi connectivity index (χ1v) is 10.4. The van der Waals surface area contributed by atoms with E-state index < -0.39 is 12.2 Å². The Balaban J connectivity index is 1.27. The van der Waals surface area contributed by atoms with Crippen LogP contribution >= 0.6 is 11.3 Å². The number of oxime groups is 1. The van der Waals surface area contributed by atoms with Gasteiger partial charge in [-0.1, -0.05) is 23.4 Å². The molecule has 0 spiro atoms. The first-order valence-electron chi connectivity index (χ1n) is 9.56. The smallest absolute Gasteiger partial charge is 0.266 e. The van der Waals surface area contributed by atoms with E-state index >= 15 is 0 Å². The Kier molecular flexibility index (Phi) is 5.73. The maximum atomic E-state index is 13.3. The molecule has 2 aliphatic rings. The number of halogens is 1. The van der Waals surface area contributed by atoms with Gasteiger partial charge in [-0.15, -0.1) is 11.3 Å². The molecule has 7 heteroatoms. The van der Waals surface area contributed by atoms with Crippen molar-refractivity contribution in [3.63, 3.8) is 0 Å². The van der Waals surface area contributed by atoms with Crippen molar-refractivity contribution in [1.29, 1.82) is 0 Å². The molecule has 2 aliphatic heterocycles. The predicted molar refractivity (Wildman–Crippen MR) is 106 cm³/mol. The first kappa shape index (κ1) is 19.1. The van der Waals surface area contributed by atoms with Crippen molar-refractivity contribution in [1.82, 2.24) is 4.90 Å². The van der Waals surface area contributed by atoms with Crippen LogP contribution in [0.15, 0.2) is 46.9 Å². The summed E-state index contributed by atoms with van der Waals surface area (Å²) in [5.41, 5.74) is 1.57. The lowest BCUT2D eigenvalue weighted by Crippen LogP contribution is -2.44. The molecule has 1 aromatic carbocycles. The van der Waals surface area contributed by atoms with Gasteiger partial charge in [-0.05, 0) is 47.9 Å². The Bertz CT molecular complexity index is 847. The van der Waals surface area contributed by atoms with E-state index in [2.05, 4.69) is 5.16 Å². The van der Waals surface area contributed by atoms with Crippen molar-refractivity contribution in [2.45, 2.75) is 37.9 Å². The van der Waals surface area contributed by atoms with Gasteiger partial charge in [-0.25, -0.2) is 4.39 Å². The van der Waals surface area contributed by atoms with E-state index in [1.54, 1.807) is 17.4 Å². The molecule has 3 heterocycles. The van der Waals surface area contributed by atoms with E-state index in [0.717, 1.165) is 29.0 Å². The van der Waals surface area contributed by atoms with Crippen molar-refractivity contribution in [2.75, 3.05) is 13.1 Å². The predicted octanol–water partition coefficient (Wildman–Crippen LogP) is 3.55. The molecular weight excluding hydrogens is 379 g/mol. The molecule has 1 N–H and O–H groups in total. The summed E-state index contributed by atoms with van der Waals surface area (Å²) in [4.78, 5) is 20.9. The van der Waals surface area contributed by atoms with Gasteiger partial charge in [0.05, 0.1) is 11.8 Å². The molecule has 1 amide bonds. The number of carbonyl (C=O) groups excluding carboxylic acids is 1. The van der Waals surface area contributed by atoms with Gasteiger partial charge in [-0.2, -0.15) is 0 Å². The van der Waals surface area contributed by atoms with Gasteiger partial charge < -0.3 is 14.8 Å². The van der Waals surface area contributed by atoms with Gasteiger partial charge in [0.25, 0.3) is 5.91 Å². The van der Waals surface area contributed by atoms with Gasteiger partial charge in [0.1, 0.15) is 5.82 Å². The molecule has 5 nitrogen and oxygen atoms in total. The van der Waals surface area contributed by atoms with Gasteiger partial charge >= 0.3 is 0 Å². The molecule has 0 saturated carbocycles. The van der Waals surface area contributed by atoms with Gasteiger partial charge in [0.2, 0.25) is 6.10 Å². The second-order valence-electron chi connectivity index (χ2n) is 7.39. The minimum atomic E-state index is -0.595. The normalized spacial score (nSPS) is 21.3. The highest BCUT2D eigenvalue weighted by molar-refractivity contribution is 7.10. The Hall–Kier alpha value is -2.25. The first-order chi connectivity index (χ1) is 13.6. The van der Waals surface area contributed by atoms with Crippen LogP contribution in [0.4, 0.5) is 4.39 Å². The van der Waals surface area contributed by atoms with Gasteiger partial charge in [0, 0.05) is 30.8 Å². The number of piperidine rings is 1. The second kappa shape index (κ2) is 8.41. The Morgan fingerprint density at radius 2 is 2.14 bits per heavy atom. The average Bonchev–Trinajstić information content (AvgIpc) is 3.39. The number of nitrogens with zero attached hydrogens (tertiary/aromatic N) is 2. The second-order valence-corrected chi connectivity index (χ2v) is 8.36. The van der Waals surface area contributed by atoms with Crippen LogP contribution in [0.3, 0.4) is 0 Å². The number of hydrogen-bond acceptors (Lipinski definition) is 5. The van der Waals surface area contributed by atoms with Gasteiger partial charge in [0.15, 0.2) is 0 Å². The highest BCUT2D eigenvalue weighted by Gasteiger charge is 2.35. The number of carbonyl (C=O) groups is 1. The van der Waals surface area contributed by atoms with E-state index in [0.29, 0.717) is 25.9 Å². The molecule has 0 aliphatic carbocycles. The van der Waals surface area contributed by atoms with E-state index in [-0.39, 0.29) is 17.6 Å². The fraction of sp³-hybridized carbons (Fsp3) is 0.429. The molecule has 28 heavy (non-hydrogen) atoms. The zero-order chi connectivity index (χ0) is 19.5. The molecule has 1 aromatic heterocycles. The van der Waals surface area contributed by atoms with Crippen molar-refractivity contribution in [3.05, 3.63) is 58.0 Å². The zero-order valence-corrected chi connectivity index (χ0v) is 16.3. The van der Waals surface area contributed by atoms with Crippen LogP contribution in [0.2, 0.25) is 0 Å². The monoisotopic (exact) mass is 402 g/mol. The molecule has 1 saturated heterocycles. The number of thiophene rings is 1. The largest absolute Gasteiger partial charge is 0.387 e. The summed E-state index contributed by atoms with van der Waals surface area (Å²) < 4.78 is 13.3. The fourth-order valence-electron chi connectivity index (χ4n) is 3.88. The standard InChI is InChI=1S/C21H23FN2O3S/c22-16-4-1-3-14(11-16)12-17-13-18(27-23-17)21(26)24-8-6-15(7-9-24)20(25)19-5-2-10-28-19/h1-5,10-11,15,18,20,25H,6-9,12-13H2/t18-,20-/m0/s1.